The molecule has 0 unspecified atom stereocenters. The zero-order valence-electron chi connectivity index (χ0n) is 13.3. The third-order valence-electron chi connectivity index (χ3n) is 4.02. The fraction of sp³-hybridized carbons (Fsp3) is 0.278. The van der Waals surface area contributed by atoms with Crippen molar-refractivity contribution in [2.24, 2.45) is 0 Å². The number of aryl methyl sites for hydroxylation is 2. The van der Waals surface area contributed by atoms with Gasteiger partial charge in [-0.05, 0) is 36.9 Å². The van der Waals surface area contributed by atoms with Crippen LogP contribution in [0, 0.1) is 6.92 Å². The molecule has 2 aromatic heterocycles. The Bertz CT molecular complexity index is 834. The number of carbonyl (C=O) groups is 1. The highest BCUT2D eigenvalue weighted by Gasteiger charge is 2.21. The van der Waals surface area contributed by atoms with Crippen molar-refractivity contribution in [1.29, 1.82) is 0 Å². The number of benzene rings is 1. The van der Waals surface area contributed by atoms with Gasteiger partial charge in [-0.25, -0.2) is 4.79 Å². The average Bonchev–Trinajstić information content (AvgIpc) is 3.13. The van der Waals surface area contributed by atoms with Crippen molar-refractivity contribution in [3.05, 3.63) is 57.4 Å². The number of nitrogens with zero attached hydrogens (tertiary/aromatic N) is 1. The van der Waals surface area contributed by atoms with E-state index >= 15 is 0 Å². The molecular formula is C18H20N2O2S. The van der Waals surface area contributed by atoms with Crippen LogP contribution in [0.1, 0.15) is 33.4 Å². The monoisotopic (exact) mass is 328 g/mol. The van der Waals surface area contributed by atoms with Crippen LogP contribution < -0.4 is 5.32 Å². The molecule has 0 spiro atoms. The normalized spacial score (nSPS) is 11.2. The number of thiophene rings is 1. The topological polar surface area (TPSA) is 54.3 Å². The number of nitrogens with one attached hydrogen (secondary N) is 1. The minimum absolute atomic E-state index is 0.395. The maximum atomic E-state index is 11.8. The first-order valence-electron chi connectivity index (χ1n) is 7.70. The van der Waals surface area contributed by atoms with E-state index in [-0.39, 0.29) is 0 Å². The lowest BCUT2D eigenvalue weighted by Crippen LogP contribution is -2.16. The lowest BCUT2D eigenvalue weighted by atomic mass is 10.1. The Kier molecular flexibility index (Phi) is 4.50. The van der Waals surface area contributed by atoms with Crippen molar-refractivity contribution in [3.8, 4) is 0 Å². The van der Waals surface area contributed by atoms with Crippen molar-refractivity contribution >= 4 is 28.2 Å². The molecule has 2 N–H and O–H groups in total. The average molecular weight is 328 g/mol. The molecule has 0 saturated heterocycles. The van der Waals surface area contributed by atoms with Gasteiger partial charge in [0.25, 0.3) is 0 Å². The number of carboxylic acids is 1. The van der Waals surface area contributed by atoms with Crippen molar-refractivity contribution in [2.45, 2.75) is 33.5 Å². The minimum atomic E-state index is -0.867. The zero-order chi connectivity index (χ0) is 16.4. The van der Waals surface area contributed by atoms with Crippen LogP contribution in [0.5, 0.6) is 0 Å². The summed E-state index contributed by atoms with van der Waals surface area (Å²) >= 11 is 1.70. The summed E-state index contributed by atoms with van der Waals surface area (Å²) in [4.78, 5) is 13.0. The standard InChI is InChI=1S/C18H20N2O2S/c1-3-20-16-9-12(2)6-7-14(16)15(17(20)18(21)22)11-19-10-13-5-4-8-23-13/h4-9,19H,3,10-11H2,1-2H3,(H,21,22). The zero-order valence-corrected chi connectivity index (χ0v) is 14.1. The summed E-state index contributed by atoms with van der Waals surface area (Å²) in [6.07, 6.45) is 0. The molecule has 0 aliphatic carbocycles. The minimum Gasteiger partial charge on any atom is -0.477 e. The van der Waals surface area contributed by atoms with Crippen LogP contribution in [-0.2, 0) is 19.6 Å². The predicted octanol–water partition coefficient (Wildman–Crippen LogP) is 4.02. The fourth-order valence-corrected chi connectivity index (χ4v) is 3.68. The van der Waals surface area contributed by atoms with E-state index in [0.717, 1.165) is 28.6 Å². The van der Waals surface area contributed by atoms with Gasteiger partial charge in [-0.1, -0.05) is 18.2 Å². The van der Waals surface area contributed by atoms with Gasteiger partial charge in [0.1, 0.15) is 5.69 Å². The van der Waals surface area contributed by atoms with Gasteiger partial charge >= 0.3 is 5.97 Å². The Morgan fingerprint density at radius 2 is 2.13 bits per heavy atom. The summed E-state index contributed by atoms with van der Waals surface area (Å²) in [5.74, 6) is -0.867. The number of rotatable bonds is 6. The van der Waals surface area contributed by atoms with E-state index in [2.05, 4.69) is 17.4 Å². The molecule has 4 nitrogen and oxygen atoms in total. The van der Waals surface area contributed by atoms with E-state index < -0.39 is 5.97 Å². The molecule has 0 bridgehead atoms. The van der Waals surface area contributed by atoms with Crippen LogP contribution in [0.3, 0.4) is 0 Å². The Morgan fingerprint density at radius 3 is 2.78 bits per heavy atom. The Morgan fingerprint density at radius 1 is 1.30 bits per heavy atom. The summed E-state index contributed by atoms with van der Waals surface area (Å²) < 4.78 is 1.90. The number of aromatic nitrogens is 1. The largest absolute Gasteiger partial charge is 0.477 e. The predicted molar refractivity (Wildman–Crippen MR) is 94.2 cm³/mol. The molecule has 23 heavy (non-hydrogen) atoms. The Hall–Kier alpha value is -2.11. The number of hydrogen-bond donors (Lipinski definition) is 2. The van der Waals surface area contributed by atoms with Gasteiger partial charge in [-0.2, -0.15) is 0 Å². The second-order valence-electron chi connectivity index (χ2n) is 5.58. The molecule has 0 atom stereocenters. The summed E-state index contributed by atoms with van der Waals surface area (Å²) in [7, 11) is 0. The van der Waals surface area contributed by atoms with E-state index in [0.29, 0.717) is 18.8 Å². The summed E-state index contributed by atoms with van der Waals surface area (Å²) in [6.45, 7) is 5.96. The highest BCUT2D eigenvalue weighted by molar-refractivity contribution is 7.09. The van der Waals surface area contributed by atoms with Gasteiger partial charge in [0.05, 0.1) is 0 Å². The van der Waals surface area contributed by atoms with E-state index in [9.17, 15) is 9.90 Å². The second kappa shape index (κ2) is 6.56. The van der Waals surface area contributed by atoms with Crippen molar-refractivity contribution in [2.75, 3.05) is 0 Å². The molecule has 5 heteroatoms. The summed E-state index contributed by atoms with van der Waals surface area (Å²) in [5.41, 5.74) is 3.40. The molecule has 0 amide bonds. The number of carboxylic acid groups (broad SMARTS) is 1. The van der Waals surface area contributed by atoms with Crippen molar-refractivity contribution < 1.29 is 9.90 Å². The van der Waals surface area contributed by atoms with Gasteiger partial charge in [0.15, 0.2) is 0 Å². The number of fused-ring (bicyclic) bond motifs is 1. The van der Waals surface area contributed by atoms with Gasteiger partial charge in [0.2, 0.25) is 0 Å². The van der Waals surface area contributed by atoms with Crippen LogP contribution in [0.25, 0.3) is 10.9 Å². The molecular weight excluding hydrogens is 308 g/mol. The fourth-order valence-electron chi connectivity index (χ4n) is 3.01. The molecule has 0 radical (unpaired) electrons. The lowest BCUT2D eigenvalue weighted by molar-refractivity contribution is 0.0684. The van der Waals surface area contributed by atoms with Crippen LogP contribution in [-0.4, -0.2) is 15.6 Å². The van der Waals surface area contributed by atoms with Crippen molar-refractivity contribution in [1.82, 2.24) is 9.88 Å². The summed E-state index contributed by atoms with van der Waals surface area (Å²) in [6, 6.07) is 10.2. The maximum Gasteiger partial charge on any atom is 0.352 e. The molecule has 1 aromatic carbocycles. The van der Waals surface area contributed by atoms with Gasteiger partial charge in [0, 0.05) is 41.0 Å². The molecule has 0 saturated carbocycles. The van der Waals surface area contributed by atoms with Crippen LogP contribution in [0.2, 0.25) is 0 Å². The molecule has 3 aromatic rings. The molecule has 3 rings (SSSR count). The first kappa shape index (κ1) is 15.8. The van der Waals surface area contributed by atoms with E-state index in [1.54, 1.807) is 11.3 Å². The third-order valence-corrected chi connectivity index (χ3v) is 4.90. The first-order valence-corrected chi connectivity index (χ1v) is 8.58. The molecule has 0 aliphatic heterocycles. The van der Waals surface area contributed by atoms with Gasteiger partial charge in [-0.15, -0.1) is 11.3 Å². The van der Waals surface area contributed by atoms with Crippen LogP contribution in [0.15, 0.2) is 35.7 Å². The quantitative estimate of drug-likeness (QED) is 0.718. The Balaban J connectivity index is 1.99. The van der Waals surface area contributed by atoms with E-state index in [1.165, 1.54) is 4.88 Å². The van der Waals surface area contributed by atoms with E-state index in [1.807, 2.05) is 42.0 Å². The first-order chi connectivity index (χ1) is 11.1. The van der Waals surface area contributed by atoms with Crippen molar-refractivity contribution in [3.63, 3.8) is 0 Å². The molecule has 0 fully saturated rings. The smallest absolute Gasteiger partial charge is 0.352 e. The van der Waals surface area contributed by atoms with Gasteiger partial charge in [-0.3, -0.25) is 0 Å². The Labute approximate surface area is 139 Å². The number of hydrogen-bond acceptors (Lipinski definition) is 3. The van der Waals surface area contributed by atoms with E-state index in [4.69, 9.17) is 0 Å². The molecule has 120 valence electrons. The second-order valence-corrected chi connectivity index (χ2v) is 6.61. The molecule has 2 heterocycles. The van der Waals surface area contributed by atoms with Gasteiger partial charge < -0.3 is 15.0 Å². The van der Waals surface area contributed by atoms with Crippen LogP contribution in [0.4, 0.5) is 0 Å². The lowest BCUT2D eigenvalue weighted by Gasteiger charge is -2.06. The molecule has 0 aliphatic rings. The van der Waals surface area contributed by atoms with Crippen LogP contribution >= 0.6 is 11.3 Å². The third kappa shape index (κ3) is 3.02. The number of aromatic carboxylic acids is 1. The SMILES string of the molecule is CCn1c(C(=O)O)c(CNCc2cccs2)c2ccc(C)cc21. The highest BCUT2D eigenvalue weighted by Crippen LogP contribution is 2.27. The highest BCUT2D eigenvalue weighted by atomic mass is 32.1. The summed E-state index contributed by atoms with van der Waals surface area (Å²) in [5, 5.41) is 16.1. The maximum absolute atomic E-state index is 11.8.